The van der Waals surface area contributed by atoms with Crippen LogP contribution in [0, 0.1) is 0 Å². The van der Waals surface area contributed by atoms with Gasteiger partial charge in [-0.3, -0.25) is 4.90 Å². The van der Waals surface area contributed by atoms with Crippen LogP contribution in [0.5, 0.6) is 5.75 Å². The average molecular weight is 288 g/mol. The van der Waals surface area contributed by atoms with Gasteiger partial charge in [0.05, 0.1) is 6.61 Å². The van der Waals surface area contributed by atoms with Gasteiger partial charge in [-0.15, -0.1) is 0 Å². The Morgan fingerprint density at radius 2 is 2.14 bits per heavy atom. The van der Waals surface area contributed by atoms with Crippen LogP contribution in [0.4, 0.5) is 0 Å². The first-order chi connectivity index (χ1) is 10.4. The summed E-state index contributed by atoms with van der Waals surface area (Å²) < 4.78 is 5.83. The first kappa shape index (κ1) is 14.9. The van der Waals surface area contributed by atoms with Crippen molar-refractivity contribution in [2.24, 2.45) is 0 Å². The van der Waals surface area contributed by atoms with Gasteiger partial charge in [0.25, 0.3) is 0 Å². The molecule has 2 unspecified atom stereocenters. The quantitative estimate of drug-likeness (QED) is 0.899. The molecular formula is C18H28N2O. The molecule has 0 aromatic heterocycles. The van der Waals surface area contributed by atoms with Crippen LogP contribution in [-0.4, -0.2) is 37.2 Å². The molecule has 1 N–H and O–H groups in total. The summed E-state index contributed by atoms with van der Waals surface area (Å²) in [6.45, 7) is 6.67. The van der Waals surface area contributed by atoms with Gasteiger partial charge < -0.3 is 10.1 Å². The molecule has 3 heteroatoms. The van der Waals surface area contributed by atoms with Crippen molar-refractivity contribution in [1.82, 2.24) is 10.2 Å². The predicted molar refractivity (Wildman–Crippen MR) is 86.8 cm³/mol. The number of piperidine rings is 1. The maximum absolute atomic E-state index is 5.83. The Hall–Kier alpha value is -1.06. The number of para-hydroxylation sites is 1. The molecule has 116 valence electrons. The number of ether oxygens (including phenoxy) is 1. The first-order valence-corrected chi connectivity index (χ1v) is 8.57. The van der Waals surface area contributed by atoms with Crippen molar-refractivity contribution in [3.8, 4) is 5.75 Å². The molecular weight excluding hydrogens is 260 g/mol. The summed E-state index contributed by atoms with van der Waals surface area (Å²) in [7, 11) is 0. The van der Waals surface area contributed by atoms with E-state index >= 15 is 0 Å². The Kier molecular flexibility index (Phi) is 5.15. The van der Waals surface area contributed by atoms with Gasteiger partial charge in [-0.2, -0.15) is 0 Å². The molecule has 1 aromatic rings. The van der Waals surface area contributed by atoms with Crippen LogP contribution in [0.1, 0.15) is 50.6 Å². The van der Waals surface area contributed by atoms with Crippen molar-refractivity contribution in [1.29, 1.82) is 0 Å². The molecule has 1 saturated heterocycles. The highest BCUT2D eigenvalue weighted by molar-refractivity contribution is 5.37. The van der Waals surface area contributed by atoms with Crippen molar-refractivity contribution in [3.05, 3.63) is 29.8 Å². The summed E-state index contributed by atoms with van der Waals surface area (Å²) in [4.78, 5) is 2.68. The predicted octanol–water partition coefficient (Wildman–Crippen LogP) is 3.36. The first-order valence-electron chi connectivity index (χ1n) is 8.57. The van der Waals surface area contributed by atoms with Gasteiger partial charge in [0, 0.05) is 30.6 Å². The molecule has 0 aliphatic carbocycles. The molecule has 0 amide bonds. The van der Waals surface area contributed by atoms with E-state index < -0.39 is 0 Å². The van der Waals surface area contributed by atoms with Gasteiger partial charge in [0.15, 0.2) is 0 Å². The molecule has 3 nitrogen and oxygen atoms in total. The third kappa shape index (κ3) is 3.58. The van der Waals surface area contributed by atoms with E-state index in [4.69, 9.17) is 4.74 Å². The van der Waals surface area contributed by atoms with Gasteiger partial charge in [-0.05, 0) is 38.4 Å². The van der Waals surface area contributed by atoms with Crippen LogP contribution in [0.2, 0.25) is 0 Å². The fourth-order valence-electron chi connectivity index (χ4n) is 3.73. The second kappa shape index (κ2) is 7.28. The standard InChI is InChI=1S/C18H28N2O/c1-2-12-20(14-15-7-5-6-11-19-15)17-10-13-21-18-9-4-3-8-16(17)18/h3-4,8-9,15,17,19H,2,5-7,10-14H2,1H3. The number of hydrogen-bond donors (Lipinski definition) is 1. The van der Waals surface area contributed by atoms with E-state index in [1.165, 1.54) is 50.9 Å². The molecule has 2 heterocycles. The maximum atomic E-state index is 5.83. The lowest BCUT2D eigenvalue weighted by Gasteiger charge is -2.38. The van der Waals surface area contributed by atoms with Crippen LogP contribution >= 0.6 is 0 Å². The van der Waals surface area contributed by atoms with Gasteiger partial charge in [0.1, 0.15) is 5.75 Å². The van der Waals surface area contributed by atoms with Crippen LogP contribution in [0.15, 0.2) is 24.3 Å². The fourth-order valence-corrected chi connectivity index (χ4v) is 3.73. The minimum absolute atomic E-state index is 0.527. The summed E-state index contributed by atoms with van der Waals surface area (Å²) in [5, 5.41) is 3.70. The highest BCUT2D eigenvalue weighted by atomic mass is 16.5. The Morgan fingerprint density at radius 1 is 1.24 bits per heavy atom. The van der Waals surface area contributed by atoms with E-state index in [9.17, 15) is 0 Å². The third-order valence-corrected chi connectivity index (χ3v) is 4.75. The molecule has 21 heavy (non-hydrogen) atoms. The van der Waals surface area contributed by atoms with Crippen LogP contribution in [-0.2, 0) is 0 Å². The van der Waals surface area contributed by atoms with Gasteiger partial charge in [-0.1, -0.05) is 31.5 Å². The zero-order valence-corrected chi connectivity index (χ0v) is 13.2. The number of rotatable bonds is 5. The molecule has 2 atom stereocenters. The van der Waals surface area contributed by atoms with Crippen molar-refractivity contribution in [3.63, 3.8) is 0 Å². The van der Waals surface area contributed by atoms with Crippen molar-refractivity contribution in [2.45, 2.75) is 51.1 Å². The number of fused-ring (bicyclic) bond motifs is 1. The van der Waals surface area contributed by atoms with Gasteiger partial charge in [-0.25, -0.2) is 0 Å². The summed E-state index contributed by atoms with van der Waals surface area (Å²) >= 11 is 0. The topological polar surface area (TPSA) is 24.5 Å². The number of nitrogens with zero attached hydrogens (tertiary/aromatic N) is 1. The normalized spacial score (nSPS) is 25.4. The number of nitrogens with one attached hydrogen (secondary N) is 1. The molecule has 0 radical (unpaired) electrons. The van der Waals surface area contributed by atoms with Crippen LogP contribution in [0.25, 0.3) is 0 Å². The highest BCUT2D eigenvalue weighted by Crippen LogP contribution is 2.36. The zero-order chi connectivity index (χ0) is 14.5. The molecule has 0 bridgehead atoms. The number of hydrogen-bond acceptors (Lipinski definition) is 3. The van der Waals surface area contributed by atoms with Crippen LogP contribution < -0.4 is 10.1 Å². The van der Waals surface area contributed by atoms with Crippen LogP contribution in [0.3, 0.4) is 0 Å². The third-order valence-electron chi connectivity index (χ3n) is 4.75. The molecule has 0 spiro atoms. The molecule has 3 rings (SSSR count). The Morgan fingerprint density at radius 3 is 2.95 bits per heavy atom. The fraction of sp³-hybridized carbons (Fsp3) is 0.667. The molecule has 1 fully saturated rings. The summed E-state index contributed by atoms with van der Waals surface area (Å²) in [5.41, 5.74) is 1.38. The minimum Gasteiger partial charge on any atom is -0.493 e. The Bertz CT molecular complexity index is 443. The molecule has 0 saturated carbocycles. The summed E-state index contributed by atoms with van der Waals surface area (Å²) in [5.74, 6) is 1.09. The molecule has 2 aliphatic rings. The van der Waals surface area contributed by atoms with Gasteiger partial charge >= 0.3 is 0 Å². The second-order valence-corrected chi connectivity index (χ2v) is 6.33. The van der Waals surface area contributed by atoms with E-state index in [0.29, 0.717) is 12.1 Å². The summed E-state index contributed by atoms with van der Waals surface area (Å²) in [6, 6.07) is 9.77. The molecule has 1 aromatic carbocycles. The minimum atomic E-state index is 0.527. The van der Waals surface area contributed by atoms with E-state index in [1.807, 2.05) is 0 Å². The monoisotopic (exact) mass is 288 g/mol. The van der Waals surface area contributed by atoms with Crippen molar-refractivity contribution in [2.75, 3.05) is 26.2 Å². The average Bonchev–Trinajstić information content (AvgIpc) is 2.55. The lowest BCUT2D eigenvalue weighted by atomic mass is 9.97. The van der Waals surface area contributed by atoms with E-state index in [0.717, 1.165) is 18.8 Å². The SMILES string of the molecule is CCCN(CC1CCCCN1)C1CCOc2ccccc21. The van der Waals surface area contributed by atoms with E-state index in [2.05, 4.69) is 41.4 Å². The maximum Gasteiger partial charge on any atom is 0.124 e. The zero-order valence-electron chi connectivity index (χ0n) is 13.2. The summed E-state index contributed by atoms with van der Waals surface area (Å²) in [6.07, 6.45) is 6.37. The van der Waals surface area contributed by atoms with E-state index in [1.54, 1.807) is 0 Å². The van der Waals surface area contributed by atoms with Crippen molar-refractivity contribution >= 4 is 0 Å². The Labute approximate surface area is 128 Å². The smallest absolute Gasteiger partial charge is 0.124 e. The lowest BCUT2D eigenvalue weighted by molar-refractivity contribution is 0.122. The Balaban J connectivity index is 1.74. The largest absolute Gasteiger partial charge is 0.493 e. The number of benzene rings is 1. The van der Waals surface area contributed by atoms with Gasteiger partial charge in [0.2, 0.25) is 0 Å². The lowest BCUT2D eigenvalue weighted by Crippen LogP contribution is -2.45. The second-order valence-electron chi connectivity index (χ2n) is 6.33. The van der Waals surface area contributed by atoms with Crippen molar-refractivity contribution < 1.29 is 4.74 Å². The van der Waals surface area contributed by atoms with E-state index in [-0.39, 0.29) is 0 Å². The highest BCUT2D eigenvalue weighted by Gasteiger charge is 2.28. The molecule has 2 aliphatic heterocycles.